The highest BCUT2D eigenvalue weighted by molar-refractivity contribution is 6.32. The van der Waals surface area contributed by atoms with Gasteiger partial charge in [0.2, 0.25) is 0 Å². The van der Waals surface area contributed by atoms with Gasteiger partial charge in [-0.25, -0.2) is 4.79 Å². The van der Waals surface area contributed by atoms with Crippen LogP contribution in [0.15, 0.2) is 6.07 Å². The zero-order valence-corrected chi connectivity index (χ0v) is 13.9. The van der Waals surface area contributed by atoms with Crippen LogP contribution in [-0.2, 0) is 0 Å². The second-order valence-electron chi connectivity index (χ2n) is 5.87. The van der Waals surface area contributed by atoms with Gasteiger partial charge >= 0.3 is 6.09 Å². The molecule has 1 aromatic heterocycles. The van der Waals surface area contributed by atoms with Crippen molar-refractivity contribution in [1.29, 1.82) is 0 Å². The molecule has 1 aromatic rings. The Labute approximate surface area is 143 Å². The van der Waals surface area contributed by atoms with Gasteiger partial charge in [-0.1, -0.05) is 23.2 Å². The first kappa shape index (κ1) is 16.5. The molecular formula is C14H18Cl2N4O3. The summed E-state index contributed by atoms with van der Waals surface area (Å²) in [6.45, 7) is 1.07. The Kier molecular flexibility index (Phi) is 5.08. The first-order valence-corrected chi connectivity index (χ1v) is 8.36. The molecule has 2 fully saturated rings. The van der Waals surface area contributed by atoms with Crippen molar-refractivity contribution < 1.29 is 14.6 Å². The molecule has 2 N–H and O–H groups in total. The predicted octanol–water partition coefficient (Wildman–Crippen LogP) is 2.43. The van der Waals surface area contributed by atoms with Crippen LogP contribution in [0.25, 0.3) is 0 Å². The number of rotatable bonds is 5. The zero-order chi connectivity index (χ0) is 16.4. The molecular weight excluding hydrogens is 343 g/mol. The van der Waals surface area contributed by atoms with Crippen LogP contribution in [0.1, 0.15) is 25.7 Å². The zero-order valence-electron chi connectivity index (χ0n) is 12.4. The van der Waals surface area contributed by atoms with E-state index < -0.39 is 6.09 Å². The summed E-state index contributed by atoms with van der Waals surface area (Å²) in [5, 5.41) is 20.4. The lowest BCUT2D eigenvalue weighted by atomic mass is 9.98. The molecule has 0 saturated carbocycles. The lowest BCUT2D eigenvalue weighted by Gasteiger charge is -2.37. The number of carboxylic acid groups (broad SMARTS) is 1. The maximum atomic E-state index is 11.2. The van der Waals surface area contributed by atoms with Crippen LogP contribution in [0, 0.1) is 0 Å². The Morgan fingerprint density at radius 3 is 2.70 bits per heavy atom. The molecule has 0 radical (unpaired) electrons. The summed E-state index contributed by atoms with van der Waals surface area (Å²) < 4.78 is 5.55. The Morgan fingerprint density at radius 1 is 1.35 bits per heavy atom. The smallest absolute Gasteiger partial charge is 0.407 e. The van der Waals surface area contributed by atoms with Crippen LogP contribution in [0.5, 0.6) is 5.75 Å². The second-order valence-corrected chi connectivity index (χ2v) is 6.61. The van der Waals surface area contributed by atoms with E-state index in [1.165, 1.54) is 6.07 Å². The number of fused-ring (bicyclic) bond motifs is 2. The van der Waals surface area contributed by atoms with E-state index in [2.05, 4.69) is 15.5 Å². The first-order valence-electron chi connectivity index (χ1n) is 7.60. The third-order valence-electron chi connectivity index (χ3n) is 4.43. The van der Waals surface area contributed by atoms with Crippen LogP contribution >= 0.6 is 23.2 Å². The molecule has 9 heteroatoms. The summed E-state index contributed by atoms with van der Waals surface area (Å²) in [5.41, 5.74) is 0. The van der Waals surface area contributed by atoms with Crippen molar-refractivity contribution >= 4 is 29.3 Å². The summed E-state index contributed by atoms with van der Waals surface area (Å²) in [6, 6.07) is 2.13. The van der Waals surface area contributed by atoms with Crippen molar-refractivity contribution in [2.45, 2.75) is 43.8 Å². The van der Waals surface area contributed by atoms with Gasteiger partial charge in [-0.2, -0.15) is 0 Å². The molecule has 2 aliphatic heterocycles. The van der Waals surface area contributed by atoms with Crippen LogP contribution in [0.2, 0.25) is 10.3 Å². The van der Waals surface area contributed by atoms with Crippen LogP contribution in [0.3, 0.4) is 0 Å². The number of piperidine rings is 1. The fraction of sp³-hybridized carbons (Fsp3) is 0.643. The largest absolute Gasteiger partial charge is 0.489 e. The van der Waals surface area contributed by atoms with E-state index in [-0.39, 0.29) is 22.4 Å². The normalized spacial score (nSPS) is 26.3. The molecule has 126 valence electrons. The second kappa shape index (κ2) is 7.07. The van der Waals surface area contributed by atoms with Crippen molar-refractivity contribution in [2.75, 3.05) is 13.2 Å². The van der Waals surface area contributed by atoms with Crippen molar-refractivity contribution in [2.24, 2.45) is 0 Å². The van der Waals surface area contributed by atoms with E-state index in [1.807, 2.05) is 0 Å². The van der Waals surface area contributed by atoms with Crippen molar-refractivity contribution in [3.8, 4) is 5.75 Å². The quantitative estimate of drug-likeness (QED) is 0.784. The maximum Gasteiger partial charge on any atom is 0.407 e. The number of hydrogen-bond donors (Lipinski definition) is 2. The number of nitrogens with zero attached hydrogens (tertiary/aromatic N) is 3. The third kappa shape index (κ3) is 3.79. The summed E-state index contributed by atoms with van der Waals surface area (Å²) >= 11 is 11.6. The SMILES string of the molecule is O=C(O)N1[C@@H]2CC[C@H]1CC(NCCOc1cc(Cl)nnc1Cl)C2. The molecule has 3 heterocycles. The first-order chi connectivity index (χ1) is 11.0. The van der Waals surface area contributed by atoms with Gasteiger partial charge < -0.3 is 20.1 Å². The van der Waals surface area contributed by atoms with Gasteiger partial charge in [-0.3, -0.25) is 0 Å². The molecule has 0 aliphatic carbocycles. The average Bonchev–Trinajstić information content (AvgIpc) is 2.79. The van der Waals surface area contributed by atoms with E-state index in [9.17, 15) is 9.90 Å². The highest BCUT2D eigenvalue weighted by atomic mass is 35.5. The van der Waals surface area contributed by atoms with Crippen molar-refractivity contribution in [3.05, 3.63) is 16.4 Å². The number of halogens is 2. The molecule has 3 rings (SSSR count). The van der Waals surface area contributed by atoms with Crippen LogP contribution in [0.4, 0.5) is 4.79 Å². The lowest BCUT2D eigenvalue weighted by molar-refractivity contribution is 0.0914. The number of aromatic nitrogens is 2. The number of hydrogen-bond acceptors (Lipinski definition) is 5. The Morgan fingerprint density at radius 2 is 2.04 bits per heavy atom. The summed E-state index contributed by atoms with van der Waals surface area (Å²) in [5.74, 6) is 0.411. The Bertz CT molecular complexity index is 575. The molecule has 2 bridgehead atoms. The molecule has 0 aromatic carbocycles. The summed E-state index contributed by atoms with van der Waals surface area (Å²) in [7, 11) is 0. The average molecular weight is 361 g/mol. The van der Waals surface area contributed by atoms with Gasteiger partial charge in [0.1, 0.15) is 6.61 Å². The molecule has 23 heavy (non-hydrogen) atoms. The molecule has 1 unspecified atom stereocenters. The topological polar surface area (TPSA) is 87.6 Å². The number of nitrogens with one attached hydrogen (secondary N) is 1. The maximum absolute atomic E-state index is 11.2. The van der Waals surface area contributed by atoms with Gasteiger partial charge in [0.15, 0.2) is 16.1 Å². The van der Waals surface area contributed by atoms with Gasteiger partial charge in [0.05, 0.1) is 0 Å². The van der Waals surface area contributed by atoms with Gasteiger partial charge in [0.25, 0.3) is 0 Å². The minimum Gasteiger partial charge on any atom is -0.489 e. The minimum absolute atomic E-state index is 0.141. The summed E-state index contributed by atoms with van der Waals surface area (Å²) in [4.78, 5) is 12.9. The van der Waals surface area contributed by atoms with Crippen LogP contribution in [-0.4, -0.2) is 57.6 Å². The minimum atomic E-state index is -0.795. The Balaban J connectivity index is 1.44. The van der Waals surface area contributed by atoms with Crippen LogP contribution < -0.4 is 10.1 Å². The van der Waals surface area contributed by atoms with Crippen molar-refractivity contribution in [3.63, 3.8) is 0 Å². The third-order valence-corrected chi connectivity index (χ3v) is 4.88. The molecule has 0 spiro atoms. The molecule has 2 aliphatic rings. The lowest BCUT2D eigenvalue weighted by Crippen LogP contribution is -2.51. The molecule has 3 atom stereocenters. The fourth-order valence-corrected chi connectivity index (χ4v) is 3.80. The highest BCUT2D eigenvalue weighted by Gasteiger charge is 2.43. The van der Waals surface area contributed by atoms with Gasteiger partial charge in [-0.15, -0.1) is 10.2 Å². The van der Waals surface area contributed by atoms with E-state index in [4.69, 9.17) is 27.9 Å². The predicted molar refractivity (Wildman–Crippen MR) is 85.2 cm³/mol. The van der Waals surface area contributed by atoms with E-state index >= 15 is 0 Å². The van der Waals surface area contributed by atoms with Gasteiger partial charge in [-0.05, 0) is 25.7 Å². The fourth-order valence-electron chi connectivity index (χ4n) is 3.52. The monoisotopic (exact) mass is 360 g/mol. The van der Waals surface area contributed by atoms with E-state index in [0.717, 1.165) is 25.7 Å². The molecule has 7 nitrogen and oxygen atoms in total. The highest BCUT2D eigenvalue weighted by Crippen LogP contribution is 2.35. The Hall–Kier alpha value is -1.31. The van der Waals surface area contributed by atoms with E-state index in [0.29, 0.717) is 24.9 Å². The standard InChI is InChI=1S/C14H18Cl2N4O3/c15-12-7-11(13(16)19-18-12)23-4-3-17-8-5-9-1-2-10(6-8)20(9)14(21)22/h7-10,17H,1-6H2,(H,21,22)/t8?,9-,10+. The summed E-state index contributed by atoms with van der Waals surface area (Å²) in [6.07, 6.45) is 2.83. The number of carbonyl (C=O) groups is 1. The number of ether oxygens (including phenoxy) is 1. The molecule has 1 amide bonds. The van der Waals surface area contributed by atoms with Gasteiger partial charge in [0, 0.05) is 30.7 Å². The van der Waals surface area contributed by atoms with Crippen molar-refractivity contribution in [1.82, 2.24) is 20.4 Å². The molecule has 2 saturated heterocycles. The number of amides is 1. The van der Waals surface area contributed by atoms with E-state index in [1.54, 1.807) is 4.90 Å².